The third-order valence-corrected chi connectivity index (χ3v) is 4.23. The summed E-state index contributed by atoms with van der Waals surface area (Å²) in [5.41, 5.74) is 2.54. The minimum atomic E-state index is 0.0655. The molecule has 114 valence electrons. The van der Waals surface area contributed by atoms with E-state index in [4.69, 9.17) is 0 Å². The molecule has 2 aromatic rings. The first-order chi connectivity index (χ1) is 10.2. The van der Waals surface area contributed by atoms with Crippen molar-refractivity contribution in [3.8, 4) is 11.3 Å². The number of thiazole rings is 1. The normalized spacial score (nSPS) is 10.8. The van der Waals surface area contributed by atoms with Gasteiger partial charge >= 0.3 is 0 Å². The molecule has 0 amide bonds. The third kappa shape index (κ3) is 3.73. The Morgan fingerprint density at radius 2 is 2.10 bits per heavy atom. The average molecular weight is 305 g/mol. The lowest BCUT2D eigenvalue weighted by atomic mass is 10.2. The van der Waals surface area contributed by atoms with Crippen molar-refractivity contribution in [1.29, 1.82) is 0 Å². The molecule has 0 aromatic carbocycles. The second-order valence-corrected chi connectivity index (χ2v) is 6.02. The molecule has 0 fully saturated rings. The van der Waals surface area contributed by atoms with Crippen LogP contribution in [0.3, 0.4) is 0 Å². The second kappa shape index (κ2) is 7.41. The Hall–Kier alpha value is -1.62. The highest BCUT2D eigenvalue weighted by atomic mass is 32.1. The number of hydrogen-bond donors (Lipinski definition) is 1. The molecule has 0 saturated carbocycles. The molecule has 0 bridgehead atoms. The van der Waals surface area contributed by atoms with Crippen LogP contribution in [0, 0.1) is 6.92 Å². The summed E-state index contributed by atoms with van der Waals surface area (Å²) in [5.74, 6) is 0. The van der Waals surface area contributed by atoms with Gasteiger partial charge in [0.25, 0.3) is 5.56 Å². The topological polar surface area (TPSA) is 46.9 Å². The van der Waals surface area contributed by atoms with Crippen LogP contribution in [0.1, 0.15) is 38.8 Å². The van der Waals surface area contributed by atoms with E-state index in [1.54, 1.807) is 11.3 Å². The van der Waals surface area contributed by atoms with Gasteiger partial charge in [0, 0.05) is 24.2 Å². The number of pyridine rings is 1. The average Bonchev–Trinajstić information content (AvgIpc) is 2.93. The monoisotopic (exact) mass is 305 g/mol. The van der Waals surface area contributed by atoms with E-state index in [0.717, 1.165) is 48.9 Å². The Bertz CT molecular complexity index is 645. The van der Waals surface area contributed by atoms with E-state index in [9.17, 15) is 4.79 Å². The Kier molecular flexibility index (Phi) is 5.56. The fourth-order valence-corrected chi connectivity index (χ4v) is 2.91. The Morgan fingerprint density at radius 1 is 1.29 bits per heavy atom. The van der Waals surface area contributed by atoms with Crippen LogP contribution in [0.4, 0.5) is 5.13 Å². The predicted octanol–water partition coefficient (Wildman–Crippen LogP) is 3.90. The van der Waals surface area contributed by atoms with Crippen molar-refractivity contribution in [3.63, 3.8) is 0 Å². The van der Waals surface area contributed by atoms with Crippen molar-refractivity contribution in [2.45, 2.75) is 46.6 Å². The number of nitrogens with zero attached hydrogens (tertiary/aromatic N) is 2. The summed E-state index contributed by atoms with van der Waals surface area (Å²) in [5, 5.41) is 6.10. The van der Waals surface area contributed by atoms with Gasteiger partial charge in [-0.25, -0.2) is 4.98 Å². The van der Waals surface area contributed by atoms with Gasteiger partial charge in [-0.05, 0) is 31.9 Å². The van der Waals surface area contributed by atoms with E-state index in [0.29, 0.717) is 5.56 Å². The first-order valence-electron chi connectivity index (χ1n) is 7.57. The minimum Gasteiger partial charge on any atom is -0.362 e. The van der Waals surface area contributed by atoms with E-state index in [1.807, 2.05) is 29.0 Å². The fourth-order valence-electron chi connectivity index (χ4n) is 2.17. The van der Waals surface area contributed by atoms with Gasteiger partial charge in [-0.3, -0.25) is 4.79 Å². The van der Waals surface area contributed by atoms with Crippen molar-refractivity contribution in [2.75, 3.05) is 11.9 Å². The minimum absolute atomic E-state index is 0.0655. The van der Waals surface area contributed by atoms with Crippen molar-refractivity contribution in [3.05, 3.63) is 33.6 Å². The molecule has 0 aliphatic carbocycles. The summed E-state index contributed by atoms with van der Waals surface area (Å²) in [6, 6.07) is 3.89. The molecule has 4 nitrogen and oxygen atoms in total. The van der Waals surface area contributed by atoms with E-state index in [-0.39, 0.29) is 5.56 Å². The van der Waals surface area contributed by atoms with Crippen molar-refractivity contribution in [1.82, 2.24) is 9.55 Å². The largest absolute Gasteiger partial charge is 0.362 e. The van der Waals surface area contributed by atoms with Gasteiger partial charge < -0.3 is 9.88 Å². The Labute approximate surface area is 129 Å². The molecule has 2 aromatic heterocycles. The zero-order chi connectivity index (χ0) is 15.2. The zero-order valence-electron chi connectivity index (χ0n) is 13.0. The van der Waals surface area contributed by atoms with Gasteiger partial charge in [0.2, 0.25) is 0 Å². The summed E-state index contributed by atoms with van der Waals surface area (Å²) in [6.45, 7) is 7.92. The highest BCUT2D eigenvalue weighted by Gasteiger charge is 2.11. The van der Waals surface area contributed by atoms with Gasteiger partial charge in [-0.2, -0.15) is 0 Å². The SMILES string of the molecule is CCCCn1c(C)ccc(-c2csc(NCCC)n2)c1=O. The van der Waals surface area contributed by atoms with E-state index >= 15 is 0 Å². The van der Waals surface area contributed by atoms with Crippen LogP contribution >= 0.6 is 11.3 Å². The van der Waals surface area contributed by atoms with Gasteiger partial charge in [0.15, 0.2) is 5.13 Å². The van der Waals surface area contributed by atoms with Gasteiger partial charge in [-0.15, -0.1) is 11.3 Å². The molecule has 0 aliphatic rings. The quantitative estimate of drug-likeness (QED) is 0.844. The third-order valence-electron chi connectivity index (χ3n) is 3.43. The summed E-state index contributed by atoms with van der Waals surface area (Å²) in [4.78, 5) is 17.2. The summed E-state index contributed by atoms with van der Waals surface area (Å²) in [6.07, 6.45) is 3.16. The maximum atomic E-state index is 12.6. The number of rotatable bonds is 7. The van der Waals surface area contributed by atoms with Crippen LogP contribution in [0.5, 0.6) is 0 Å². The van der Waals surface area contributed by atoms with Crippen LogP contribution in [-0.4, -0.2) is 16.1 Å². The molecule has 2 rings (SSSR count). The first kappa shape index (κ1) is 15.8. The molecule has 0 radical (unpaired) electrons. The smallest absolute Gasteiger partial charge is 0.260 e. The molecule has 0 atom stereocenters. The van der Waals surface area contributed by atoms with Crippen LogP contribution in [-0.2, 0) is 6.54 Å². The molecule has 0 unspecified atom stereocenters. The molecule has 21 heavy (non-hydrogen) atoms. The van der Waals surface area contributed by atoms with Crippen molar-refractivity contribution < 1.29 is 0 Å². The molecule has 0 saturated heterocycles. The lowest BCUT2D eigenvalue weighted by molar-refractivity contribution is 0.600. The van der Waals surface area contributed by atoms with Gasteiger partial charge in [0.05, 0.1) is 11.3 Å². The summed E-state index contributed by atoms with van der Waals surface area (Å²) >= 11 is 1.55. The van der Waals surface area contributed by atoms with Gasteiger partial charge in [0.1, 0.15) is 0 Å². The Balaban J connectivity index is 2.31. The number of hydrogen-bond acceptors (Lipinski definition) is 4. The summed E-state index contributed by atoms with van der Waals surface area (Å²) in [7, 11) is 0. The van der Waals surface area contributed by atoms with Crippen molar-refractivity contribution in [2.24, 2.45) is 0 Å². The zero-order valence-corrected chi connectivity index (χ0v) is 13.8. The molecular weight excluding hydrogens is 282 g/mol. The molecule has 2 heterocycles. The number of aromatic nitrogens is 2. The molecular formula is C16H23N3OS. The lowest BCUT2D eigenvalue weighted by Gasteiger charge is -2.10. The van der Waals surface area contributed by atoms with E-state index in [1.165, 1.54) is 0 Å². The number of nitrogens with one attached hydrogen (secondary N) is 1. The Morgan fingerprint density at radius 3 is 2.81 bits per heavy atom. The predicted molar refractivity (Wildman–Crippen MR) is 90.2 cm³/mol. The summed E-state index contributed by atoms with van der Waals surface area (Å²) < 4.78 is 1.86. The number of unbranched alkanes of at least 4 members (excludes halogenated alkanes) is 1. The highest BCUT2D eigenvalue weighted by Crippen LogP contribution is 2.23. The molecule has 1 N–H and O–H groups in total. The molecule has 5 heteroatoms. The number of anilines is 1. The second-order valence-electron chi connectivity index (χ2n) is 5.16. The first-order valence-corrected chi connectivity index (χ1v) is 8.45. The van der Waals surface area contributed by atoms with Crippen LogP contribution in [0.25, 0.3) is 11.3 Å². The lowest BCUT2D eigenvalue weighted by Crippen LogP contribution is -2.23. The molecule has 0 aliphatic heterocycles. The highest BCUT2D eigenvalue weighted by molar-refractivity contribution is 7.14. The molecule has 0 spiro atoms. The number of aryl methyl sites for hydroxylation is 1. The van der Waals surface area contributed by atoms with Crippen LogP contribution < -0.4 is 10.9 Å². The maximum Gasteiger partial charge on any atom is 0.260 e. The van der Waals surface area contributed by atoms with Crippen LogP contribution in [0.2, 0.25) is 0 Å². The van der Waals surface area contributed by atoms with Crippen molar-refractivity contribution >= 4 is 16.5 Å². The van der Waals surface area contributed by atoms with Crippen LogP contribution in [0.15, 0.2) is 22.3 Å². The van der Waals surface area contributed by atoms with E-state index in [2.05, 4.69) is 24.1 Å². The maximum absolute atomic E-state index is 12.6. The fraction of sp³-hybridized carbons (Fsp3) is 0.500. The van der Waals surface area contributed by atoms with Gasteiger partial charge in [-0.1, -0.05) is 20.3 Å². The van der Waals surface area contributed by atoms with E-state index < -0.39 is 0 Å². The standard InChI is InChI=1S/C16H23N3OS/c1-4-6-10-19-12(3)7-8-13(15(19)20)14-11-21-16(18-14)17-9-5-2/h7-8,11H,4-6,9-10H2,1-3H3,(H,17,18).